The summed E-state index contributed by atoms with van der Waals surface area (Å²) in [5, 5.41) is 8.56. The quantitative estimate of drug-likeness (QED) is 0.456. The van der Waals surface area contributed by atoms with Gasteiger partial charge in [0.2, 0.25) is 0 Å². The summed E-state index contributed by atoms with van der Waals surface area (Å²) in [4.78, 5) is 7.19. The molecule has 4 nitrogen and oxygen atoms in total. The molecule has 0 fully saturated rings. The molecule has 0 aliphatic carbocycles. The number of rotatable bonds is 1. The third-order valence-corrected chi connectivity index (χ3v) is 0.955. The Morgan fingerprint density at radius 2 is 2.33 bits per heavy atom. The largest absolute Gasteiger partial charge is 0.290 e. The lowest BCUT2D eigenvalue weighted by molar-refractivity contribution is 0.386. The lowest BCUT2D eigenvalue weighted by atomic mass is 10.6. The van der Waals surface area contributed by atoms with Crippen LogP contribution < -0.4 is 5.48 Å². The summed E-state index contributed by atoms with van der Waals surface area (Å²) in [5.74, 6) is 0.287. The lowest BCUT2D eigenvalue weighted by Gasteiger charge is -1.93. The first-order valence-corrected chi connectivity index (χ1v) is 2.58. The highest BCUT2D eigenvalue weighted by Crippen LogP contribution is 2.06. The van der Waals surface area contributed by atoms with E-state index in [1.165, 1.54) is 12.4 Å². The average molecular weight is 146 g/mol. The highest BCUT2D eigenvalue weighted by Gasteiger charge is 1.90. The van der Waals surface area contributed by atoms with Crippen LogP contribution in [0.1, 0.15) is 0 Å². The van der Waals surface area contributed by atoms with Gasteiger partial charge in [0.15, 0.2) is 5.82 Å². The summed E-state index contributed by atoms with van der Waals surface area (Å²) < 4.78 is 0. The van der Waals surface area contributed by atoms with Crippen LogP contribution in [-0.4, -0.2) is 15.2 Å². The molecule has 1 rings (SSSR count). The maximum absolute atomic E-state index is 8.26. The van der Waals surface area contributed by atoms with Crippen molar-refractivity contribution < 1.29 is 5.21 Å². The summed E-state index contributed by atoms with van der Waals surface area (Å²) in [5.41, 5.74) is 1.83. The van der Waals surface area contributed by atoms with Crippen LogP contribution >= 0.6 is 11.6 Å². The molecule has 1 aromatic heterocycles. The maximum Gasteiger partial charge on any atom is 0.154 e. The molecule has 0 amide bonds. The second kappa shape index (κ2) is 2.61. The molecule has 0 aliphatic rings. The summed E-state index contributed by atoms with van der Waals surface area (Å²) in [6.45, 7) is 0. The summed E-state index contributed by atoms with van der Waals surface area (Å²) in [6, 6.07) is 1.40. The Morgan fingerprint density at radius 1 is 1.56 bits per heavy atom. The van der Waals surface area contributed by atoms with Crippen LogP contribution in [0.5, 0.6) is 0 Å². The zero-order chi connectivity index (χ0) is 6.69. The molecule has 1 heterocycles. The first-order valence-electron chi connectivity index (χ1n) is 2.20. The minimum Gasteiger partial charge on any atom is -0.290 e. The van der Waals surface area contributed by atoms with E-state index in [1.54, 1.807) is 0 Å². The molecule has 5 heteroatoms. The number of halogens is 1. The van der Waals surface area contributed by atoms with Gasteiger partial charge < -0.3 is 0 Å². The molecule has 0 atom stereocenters. The minimum atomic E-state index is 0.287. The monoisotopic (exact) mass is 145 g/mol. The molecular formula is C4H4ClN3O. The molecule has 0 bridgehead atoms. The van der Waals surface area contributed by atoms with Crippen molar-refractivity contribution in [2.45, 2.75) is 0 Å². The van der Waals surface area contributed by atoms with Gasteiger partial charge in [0, 0.05) is 6.07 Å². The fourth-order valence-corrected chi connectivity index (χ4v) is 0.542. The average Bonchev–Trinajstić information content (AvgIpc) is 1.88. The number of anilines is 1. The lowest BCUT2D eigenvalue weighted by Crippen LogP contribution is -1.92. The van der Waals surface area contributed by atoms with Crippen molar-refractivity contribution in [2.24, 2.45) is 0 Å². The predicted molar refractivity (Wildman–Crippen MR) is 32.5 cm³/mol. The first-order chi connectivity index (χ1) is 4.33. The first kappa shape index (κ1) is 6.25. The van der Waals surface area contributed by atoms with Gasteiger partial charge in [-0.25, -0.2) is 9.97 Å². The normalized spacial score (nSPS) is 9.11. The van der Waals surface area contributed by atoms with Gasteiger partial charge in [-0.3, -0.25) is 10.7 Å². The predicted octanol–water partition coefficient (Wildman–Crippen LogP) is 0.931. The highest BCUT2D eigenvalue weighted by molar-refractivity contribution is 6.29. The Balaban J connectivity index is 2.94. The Hall–Kier alpha value is -0.870. The van der Waals surface area contributed by atoms with Gasteiger partial charge in [-0.2, -0.15) is 0 Å². The van der Waals surface area contributed by atoms with Crippen molar-refractivity contribution in [1.82, 2.24) is 9.97 Å². The Morgan fingerprint density at radius 3 is 2.78 bits per heavy atom. The SMILES string of the molecule is ONc1cc(Cl)ncn1. The molecular weight excluding hydrogens is 142 g/mol. The third-order valence-electron chi connectivity index (χ3n) is 0.748. The van der Waals surface area contributed by atoms with Crippen molar-refractivity contribution in [3.8, 4) is 0 Å². The van der Waals surface area contributed by atoms with Crippen molar-refractivity contribution in [2.75, 3.05) is 5.48 Å². The van der Waals surface area contributed by atoms with Gasteiger partial charge in [0.05, 0.1) is 0 Å². The number of hydrogen-bond acceptors (Lipinski definition) is 4. The van der Waals surface area contributed by atoms with Crippen molar-refractivity contribution in [1.29, 1.82) is 0 Å². The van der Waals surface area contributed by atoms with Crippen molar-refractivity contribution in [3.63, 3.8) is 0 Å². The smallest absolute Gasteiger partial charge is 0.154 e. The fourth-order valence-electron chi connectivity index (χ4n) is 0.395. The van der Waals surface area contributed by atoms with E-state index in [4.69, 9.17) is 16.8 Å². The molecule has 1 aromatic rings. The van der Waals surface area contributed by atoms with Gasteiger partial charge in [-0.05, 0) is 0 Å². The molecule has 0 radical (unpaired) electrons. The molecule has 0 saturated carbocycles. The fraction of sp³-hybridized carbons (Fsp3) is 0. The van der Waals surface area contributed by atoms with Crippen LogP contribution in [0.25, 0.3) is 0 Å². The van der Waals surface area contributed by atoms with E-state index < -0.39 is 0 Å². The van der Waals surface area contributed by atoms with Crippen LogP contribution in [0.15, 0.2) is 12.4 Å². The van der Waals surface area contributed by atoms with Crippen LogP contribution in [0.4, 0.5) is 5.82 Å². The minimum absolute atomic E-state index is 0.287. The van der Waals surface area contributed by atoms with E-state index >= 15 is 0 Å². The Labute approximate surface area is 56.5 Å². The van der Waals surface area contributed by atoms with Crippen molar-refractivity contribution >= 4 is 17.4 Å². The van der Waals surface area contributed by atoms with Gasteiger partial charge in [-0.15, -0.1) is 0 Å². The Bertz CT molecular complexity index is 205. The summed E-state index contributed by atoms with van der Waals surface area (Å²) in [7, 11) is 0. The van der Waals surface area contributed by atoms with Crippen LogP contribution in [0.3, 0.4) is 0 Å². The van der Waals surface area contributed by atoms with E-state index in [-0.39, 0.29) is 5.82 Å². The van der Waals surface area contributed by atoms with E-state index in [0.29, 0.717) is 5.15 Å². The third kappa shape index (κ3) is 1.51. The standard InChI is InChI=1S/C4H4ClN3O/c5-3-1-4(8-9)7-2-6-3/h1-2,9H,(H,6,7,8). The zero-order valence-corrected chi connectivity index (χ0v) is 5.13. The second-order valence-corrected chi connectivity index (χ2v) is 1.73. The molecule has 9 heavy (non-hydrogen) atoms. The molecule has 0 spiro atoms. The van der Waals surface area contributed by atoms with Crippen LogP contribution in [0, 0.1) is 0 Å². The van der Waals surface area contributed by atoms with Gasteiger partial charge in [0.25, 0.3) is 0 Å². The number of nitrogens with one attached hydrogen (secondary N) is 1. The molecule has 0 aromatic carbocycles. The number of hydrogen-bond donors (Lipinski definition) is 2. The maximum atomic E-state index is 8.26. The number of aromatic nitrogens is 2. The summed E-state index contributed by atoms with van der Waals surface area (Å²) in [6.07, 6.45) is 1.25. The topological polar surface area (TPSA) is 58.0 Å². The molecule has 0 aliphatic heterocycles. The van der Waals surface area contributed by atoms with Crippen LogP contribution in [-0.2, 0) is 0 Å². The molecule has 48 valence electrons. The van der Waals surface area contributed by atoms with E-state index in [1.807, 2.05) is 5.48 Å². The van der Waals surface area contributed by atoms with Gasteiger partial charge in [-0.1, -0.05) is 11.6 Å². The van der Waals surface area contributed by atoms with E-state index in [2.05, 4.69) is 9.97 Å². The molecule has 2 N–H and O–H groups in total. The molecule has 0 unspecified atom stereocenters. The zero-order valence-electron chi connectivity index (χ0n) is 4.37. The highest BCUT2D eigenvalue weighted by atomic mass is 35.5. The van der Waals surface area contributed by atoms with Gasteiger partial charge >= 0.3 is 0 Å². The van der Waals surface area contributed by atoms with E-state index in [0.717, 1.165) is 0 Å². The van der Waals surface area contributed by atoms with Gasteiger partial charge in [0.1, 0.15) is 11.5 Å². The van der Waals surface area contributed by atoms with Crippen molar-refractivity contribution in [3.05, 3.63) is 17.5 Å². The summed E-state index contributed by atoms with van der Waals surface area (Å²) >= 11 is 5.42. The number of nitrogens with zero attached hydrogens (tertiary/aromatic N) is 2. The Kier molecular flexibility index (Phi) is 1.81. The molecule has 0 saturated heterocycles. The van der Waals surface area contributed by atoms with Crippen LogP contribution in [0.2, 0.25) is 5.15 Å². The van der Waals surface area contributed by atoms with E-state index in [9.17, 15) is 0 Å². The second-order valence-electron chi connectivity index (χ2n) is 1.34.